The van der Waals surface area contributed by atoms with Crippen LogP contribution in [-0.2, 0) is 11.2 Å². The maximum atomic E-state index is 11.6. The third-order valence-electron chi connectivity index (χ3n) is 3.23. The summed E-state index contributed by atoms with van der Waals surface area (Å²) in [6.07, 6.45) is 1.02. The smallest absolute Gasteiger partial charge is 0.260 e. The highest BCUT2D eigenvalue weighted by molar-refractivity contribution is 7.18. The number of hydrogen-bond acceptors (Lipinski definition) is 3. The van der Waals surface area contributed by atoms with Crippen molar-refractivity contribution in [3.05, 3.63) is 40.8 Å². The van der Waals surface area contributed by atoms with Crippen LogP contribution in [0.3, 0.4) is 0 Å². The molecule has 0 aliphatic rings. The molecule has 2 aromatic rings. The Balaban J connectivity index is 2.30. The molecule has 0 fully saturated rings. The minimum atomic E-state index is -0.567. The van der Waals surface area contributed by atoms with Crippen LogP contribution in [0.4, 0.5) is 5.69 Å². The van der Waals surface area contributed by atoms with Crippen LogP contribution in [-0.4, -0.2) is 17.7 Å². The van der Waals surface area contributed by atoms with Crippen molar-refractivity contribution in [2.24, 2.45) is 11.7 Å². The number of benzene rings is 1. The first-order chi connectivity index (χ1) is 10.9. The second-order valence-corrected chi connectivity index (χ2v) is 7.01. The van der Waals surface area contributed by atoms with Gasteiger partial charge in [0.25, 0.3) is 5.91 Å². The van der Waals surface area contributed by atoms with Crippen LogP contribution >= 0.6 is 22.9 Å². The van der Waals surface area contributed by atoms with E-state index in [0.29, 0.717) is 16.5 Å². The normalized spacial score (nSPS) is 10.8. The van der Waals surface area contributed by atoms with Gasteiger partial charge in [0.15, 0.2) is 0 Å². The molecular weight excluding hydrogens is 332 g/mol. The molecule has 1 aromatic heterocycles. The van der Waals surface area contributed by atoms with E-state index in [0.717, 1.165) is 16.9 Å². The SMILES string of the molecule is CC(C)Cc1ccc(-c2cc(NC(=O)CCl)c(C(N)=O)s2)cc1. The molecule has 1 heterocycles. The summed E-state index contributed by atoms with van der Waals surface area (Å²) in [7, 11) is 0. The first-order valence-corrected chi connectivity index (χ1v) is 8.64. The molecule has 0 bridgehead atoms. The van der Waals surface area contributed by atoms with Crippen molar-refractivity contribution in [1.82, 2.24) is 0 Å². The Morgan fingerprint density at radius 2 is 1.91 bits per heavy atom. The molecule has 0 spiro atoms. The molecule has 0 aliphatic heterocycles. The Bertz CT molecular complexity index is 708. The van der Waals surface area contributed by atoms with E-state index in [4.69, 9.17) is 17.3 Å². The Labute approximate surface area is 144 Å². The summed E-state index contributed by atoms with van der Waals surface area (Å²) in [5.41, 5.74) is 8.05. The number of amides is 2. The van der Waals surface area contributed by atoms with E-state index in [-0.39, 0.29) is 11.8 Å². The van der Waals surface area contributed by atoms with Crippen LogP contribution in [0.15, 0.2) is 30.3 Å². The highest BCUT2D eigenvalue weighted by Gasteiger charge is 2.16. The van der Waals surface area contributed by atoms with Gasteiger partial charge in [0.05, 0.1) is 5.69 Å². The zero-order valence-electron chi connectivity index (χ0n) is 13.1. The van der Waals surface area contributed by atoms with Crippen molar-refractivity contribution in [2.75, 3.05) is 11.2 Å². The fourth-order valence-electron chi connectivity index (χ4n) is 2.27. The van der Waals surface area contributed by atoms with Crippen molar-refractivity contribution < 1.29 is 9.59 Å². The molecule has 2 rings (SSSR count). The number of nitrogens with two attached hydrogens (primary N) is 1. The molecule has 4 nitrogen and oxygen atoms in total. The molecule has 122 valence electrons. The summed E-state index contributed by atoms with van der Waals surface area (Å²) in [5.74, 6) is -0.512. The molecule has 2 amide bonds. The minimum absolute atomic E-state index is 0.173. The quantitative estimate of drug-likeness (QED) is 0.776. The van der Waals surface area contributed by atoms with Gasteiger partial charge in [-0.1, -0.05) is 38.1 Å². The Morgan fingerprint density at radius 3 is 2.43 bits per heavy atom. The Hall–Kier alpha value is -1.85. The third-order valence-corrected chi connectivity index (χ3v) is 4.68. The van der Waals surface area contributed by atoms with E-state index in [1.165, 1.54) is 16.9 Å². The zero-order valence-corrected chi connectivity index (χ0v) is 14.6. The van der Waals surface area contributed by atoms with Gasteiger partial charge in [0, 0.05) is 4.88 Å². The minimum Gasteiger partial charge on any atom is -0.365 e. The lowest BCUT2D eigenvalue weighted by molar-refractivity contribution is -0.113. The van der Waals surface area contributed by atoms with Gasteiger partial charge in [0.2, 0.25) is 5.91 Å². The number of thiophene rings is 1. The summed E-state index contributed by atoms with van der Waals surface area (Å²) in [6.45, 7) is 4.36. The number of anilines is 1. The van der Waals surface area contributed by atoms with Crippen LogP contribution in [0.5, 0.6) is 0 Å². The number of primary amides is 1. The highest BCUT2D eigenvalue weighted by atomic mass is 35.5. The third kappa shape index (κ3) is 4.56. The molecule has 0 unspecified atom stereocenters. The Kier molecular flexibility index (Phi) is 5.80. The zero-order chi connectivity index (χ0) is 17.0. The average molecular weight is 351 g/mol. The van der Waals surface area contributed by atoms with Gasteiger partial charge in [-0.3, -0.25) is 9.59 Å². The van der Waals surface area contributed by atoms with Crippen molar-refractivity contribution in [2.45, 2.75) is 20.3 Å². The highest BCUT2D eigenvalue weighted by Crippen LogP contribution is 2.35. The predicted molar refractivity (Wildman–Crippen MR) is 96.2 cm³/mol. The fourth-order valence-corrected chi connectivity index (χ4v) is 3.31. The molecule has 6 heteroatoms. The lowest BCUT2D eigenvalue weighted by Gasteiger charge is -2.05. The van der Waals surface area contributed by atoms with Gasteiger partial charge in [0.1, 0.15) is 10.8 Å². The molecule has 0 aliphatic carbocycles. The monoisotopic (exact) mass is 350 g/mol. The van der Waals surface area contributed by atoms with Crippen LogP contribution in [0.1, 0.15) is 29.1 Å². The van der Waals surface area contributed by atoms with Gasteiger partial charge >= 0.3 is 0 Å². The van der Waals surface area contributed by atoms with Crippen LogP contribution < -0.4 is 11.1 Å². The number of halogens is 1. The lowest BCUT2D eigenvalue weighted by atomic mass is 10.0. The molecule has 0 atom stereocenters. The van der Waals surface area contributed by atoms with Crippen molar-refractivity contribution in [3.63, 3.8) is 0 Å². The largest absolute Gasteiger partial charge is 0.365 e. The number of carbonyl (C=O) groups excluding carboxylic acids is 2. The summed E-state index contributed by atoms with van der Waals surface area (Å²) >= 11 is 6.75. The second kappa shape index (κ2) is 7.62. The fraction of sp³-hybridized carbons (Fsp3) is 0.294. The van der Waals surface area contributed by atoms with Gasteiger partial charge in [-0.05, 0) is 29.5 Å². The topological polar surface area (TPSA) is 72.2 Å². The predicted octanol–water partition coefficient (Wildman–Crippen LogP) is 3.89. The van der Waals surface area contributed by atoms with E-state index >= 15 is 0 Å². The number of rotatable bonds is 6. The number of nitrogens with one attached hydrogen (secondary N) is 1. The first kappa shape index (κ1) is 17.5. The molecule has 0 saturated heterocycles. The van der Waals surface area contributed by atoms with Gasteiger partial charge < -0.3 is 11.1 Å². The van der Waals surface area contributed by atoms with Crippen LogP contribution in [0, 0.1) is 5.92 Å². The molecular formula is C17H19ClN2O2S. The second-order valence-electron chi connectivity index (χ2n) is 5.69. The van der Waals surface area contributed by atoms with Crippen molar-refractivity contribution in [1.29, 1.82) is 0 Å². The first-order valence-electron chi connectivity index (χ1n) is 7.29. The maximum Gasteiger partial charge on any atom is 0.260 e. The summed E-state index contributed by atoms with van der Waals surface area (Å²) in [4.78, 5) is 24.2. The molecule has 1 aromatic carbocycles. The van der Waals surface area contributed by atoms with Crippen molar-refractivity contribution >= 4 is 40.4 Å². The molecule has 23 heavy (non-hydrogen) atoms. The van der Waals surface area contributed by atoms with E-state index in [9.17, 15) is 9.59 Å². The lowest BCUT2D eigenvalue weighted by Crippen LogP contribution is -2.16. The van der Waals surface area contributed by atoms with E-state index in [1.54, 1.807) is 6.07 Å². The number of alkyl halides is 1. The molecule has 3 N–H and O–H groups in total. The summed E-state index contributed by atoms with van der Waals surface area (Å²) in [5, 5.41) is 2.61. The van der Waals surface area contributed by atoms with E-state index in [1.807, 2.05) is 12.1 Å². The van der Waals surface area contributed by atoms with Crippen molar-refractivity contribution in [3.8, 4) is 10.4 Å². The van der Waals surface area contributed by atoms with Gasteiger partial charge in [-0.15, -0.1) is 22.9 Å². The van der Waals surface area contributed by atoms with Crippen LogP contribution in [0.2, 0.25) is 0 Å². The van der Waals surface area contributed by atoms with Gasteiger partial charge in [-0.25, -0.2) is 0 Å². The van der Waals surface area contributed by atoms with Gasteiger partial charge in [-0.2, -0.15) is 0 Å². The number of hydrogen-bond donors (Lipinski definition) is 2. The number of carbonyl (C=O) groups is 2. The Morgan fingerprint density at radius 1 is 1.26 bits per heavy atom. The maximum absolute atomic E-state index is 11.6. The molecule has 0 radical (unpaired) electrons. The van der Waals surface area contributed by atoms with Crippen LogP contribution in [0.25, 0.3) is 10.4 Å². The summed E-state index contributed by atoms with van der Waals surface area (Å²) < 4.78 is 0. The van der Waals surface area contributed by atoms with E-state index in [2.05, 4.69) is 31.3 Å². The molecule has 0 saturated carbocycles. The average Bonchev–Trinajstić information content (AvgIpc) is 2.91. The summed E-state index contributed by atoms with van der Waals surface area (Å²) in [6, 6.07) is 9.95. The van der Waals surface area contributed by atoms with E-state index < -0.39 is 5.91 Å². The standard InChI is InChI=1S/C17H19ClN2O2S/c1-10(2)7-11-3-5-12(6-4-11)14-8-13(20-15(21)9-18)16(23-14)17(19)22/h3-6,8,10H,7,9H2,1-2H3,(H2,19,22)(H,20,21).